The first-order valence-electron chi connectivity index (χ1n) is 5.72. The van der Waals surface area contributed by atoms with Crippen LogP contribution in [-0.4, -0.2) is 10.9 Å². The van der Waals surface area contributed by atoms with Gasteiger partial charge in [0, 0.05) is 16.8 Å². The highest BCUT2D eigenvalue weighted by Crippen LogP contribution is 2.20. The molecule has 4 N–H and O–H groups in total. The molecule has 20 heavy (non-hydrogen) atoms. The molecule has 104 valence electrons. The van der Waals surface area contributed by atoms with E-state index in [0.717, 1.165) is 0 Å². The second kappa shape index (κ2) is 5.85. The van der Waals surface area contributed by atoms with Gasteiger partial charge in [0.05, 0.1) is 0 Å². The van der Waals surface area contributed by atoms with Gasteiger partial charge in [0.2, 0.25) is 0 Å². The van der Waals surface area contributed by atoms with E-state index in [4.69, 9.17) is 17.4 Å². The lowest BCUT2D eigenvalue weighted by Crippen LogP contribution is -2.15. The highest BCUT2D eigenvalue weighted by Gasteiger charge is 2.11. The number of nitrogen functional groups attached to an aromatic ring is 1. The number of amides is 1. The predicted octanol–water partition coefficient (Wildman–Crippen LogP) is 2.72. The van der Waals surface area contributed by atoms with Crippen molar-refractivity contribution in [2.45, 2.75) is 6.92 Å². The average molecular weight is 295 g/mol. The molecule has 0 aliphatic carbocycles. The lowest BCUT2D eigenvalue weighted by molar-refractivity contribution is 0.102. The van der Waals surface area contributed by atoms with E-state index in [1.807, 2.05) is 0 Å². The Hall–Kier alpha value is -2.18. The van der Waals surface area contributed by atoms with Crippen molar-refractivity contribution in [3.8, 4) is 0 Å². The molecule has 0 fully saturated rings. The number of hydrogen-bond donors (Lipinski definition) is 3. The Morgan fingerprint density at radius 2 is 2.15 bits per heavy atom. The molecule has 2 rings (SSSR count). The fourth-order valence-corrected chi connectivity index (χ4v) is 1.85. The molecule has 1 aromatic carbocycles. The van der Waals surface area contributed by atoms with E-state index < -0.39 is 5.91 Å². The summed E-state index contributed by atoms with van der Waals surface area (Å²) in [5, 5.41) is 2.74. The van der Waals surface area contributed by atoms with Crippen LogP contribution in [0.1, 0.15) is 15.9 Å². The number of anilines is 2. The van der Waals surface area contributed by atoms with Crippen molar-refractivity contribution >= 4 is 29.0 Å². The quantitative estimate of drug-likeness (QED) is 0.462. The Morgan fingerprint density at radius 1 is 1.40 bits per heavy atom. The standard InChI is InChI=1S/C13H12ClFN4O/c1-7-9(15)3-2-4-10(7)17-13(20)8-5-11(14)18-12(6-8)19-16/h2-6H,16H2,1H3,(H,17,20)(H,18,19). The van der Waals surface area contributed by atoms with Crippen molar-refractivity contribution in [2.24, 2.45) is 5.84 Å². The van der Waals surface area contributed by atoms with Crippen molar-refractivity contribution in [3.05, 3.63) is 52.4 Å². The molecule has 1 heterocycles. The lowest BCUT2D eigenvalue weighted by atomic mass is 10.1. The van der Waals surface area contributed by atoms with Crippen LogP contribution in [0.3, 0.4) is 0 Å². The molecule has 0 saturated heterocycles. The van der Waals surface area contributed by atoms with Gasteiger partial charge >= 0.3 is 0 Å². The number of nitrogens with zero attached hydrogens (tertiary/aromatic N) is 1. The van der Waals surface area contributed by atoms with Crippen LogP contribution in [0.4, 0.5) is 15.9 Å². The SMILES string of the molecule is Cc1c(F)cccc1NC(=O)c1cc(Cl)nc(NN)c1. The third-order valence-corrected chi connectivity index (χ3v) is 2.91. The fraction of sp³-hybridized carbons (Fsp3) is 0.0769. The largest absolute Gasteiger partial charge is 0.322 e. The van der Waals surface area contributed by atoms with Gasteiger partial charge in [0.25, 0.3) is 5.91 Å². The number of pyridine rings is 1. The molecule has 2 aromatic rings. The normalized spacial score (nSPS) is 10.2. The number of hydrazine groups is 1. The highest BCUT2D eigenvalue weighted by atomic mass is 35.5. The number of nitrogens with one attached hydrogen (secondary N) is 2. The van der Waals surface area contributed by atoms with Crippen LogP contribution in [0.2, 0.25) is 5.15 Å². The smallest absolute Gasteiger partial charge is 0.255 e. The summed E-state index contributed by atoms with van der Waals surface area (Å²) in [7, 11) is 0. The van der Waals surface area contributed by atoms with Gasteiger partial charge in [-0.1, -0.05) is 17.7 Å². The van der Waals surface area contributed by atoms with Crippen molar-refractivity contribution in [3.63, 3.8) is 0 Å². The van der Waals surface area contributed by atoms with Gasteiger partial charge in [-0.2, -0.15) is 0 Å². The minimum atomic E-state index is -0.431. The molecule has 0 saturated carbocycles. The van der Waals surface area contributed by atoms with Crippen molar-refractivity contribution in [1.29, 1.82) is 0 Å². The van der Waals surface area contributed by atoms with Gasteiger partial charge in [-0.3, -0.25) is 4.79 Å². The zero-order valence-corrected chi connectivity index (χ0v) is 11.3. The molecule has 0 unspecified atom stereocenters. The molecule has 0 radical (unpaired) electrons. The third-order valence-electron chi connectivity index (χ3n) is 2.72. The molecular weight excluding hydrogens is 283 g/mol. The molecule has 5 nitrogen and oxygen atoms in total. The summed E-state index contributed by atoms with van der Waals surface area (Å²) in [6.07, 6.45) is 0. The summed E-state index contributed by atoms with van der Waals surface area (Å²) in [6.45, 7) is 1.58. The third kappa shape index (κ3) is 3.04. The maximum atomic E-state index is 13.4. The number of benzene rings is 1. The van der Waals surface area contributed by atoms with E-state index in [0.29, 0.717) is 11.3 Å². The lowest BCUT2D eigenvalue weighted by Gasteiger charge is -2.10. The Bertz CT molecular complexity index is 663. The fourth-order valence-electron chi connectivity index (χ4n) is 1.64. The van der Waals surface area contributed by atoms with Gasteiger partial charge in [-0.25, -0.2) is 15.2 Å². The van der Waals surface area contributed by atoms with Crippen LogP contribution in [0.5, 0.6) is 0 Å². The van der Waals surface area contributed by atoms with Crippen LogP contribution in [0.15, 0.2) is 30.3 Å². The monoisotopic (exact) mass is 294 g/mol. The zero-order chi connectivity index (χ0) is 14.7. The molecule has 0 spiro atoms. The second-order valence-electron chi connectivity index (χ2n) is 4.07. The van der Waals surface area contributed by atoms with Crippen LogP contribution in [0, 0.1) is 12.7 Å². The van der Waals surface area contributed by atoms with E-state index >= 15 is 0 Å². The Labute approximate surface area is 119 Å². The van der Waals surface area contributed by atoms with Crippen molar-refractivity contribution in [1.82, 2.24) is 4.98 Å². The topological polar surface area (TPSA) is 80.0 Å². The van der Waals surface area contributed by atoms with Gasteiger partial charge in [-0.05, 0) is 31.2 Å². The minimum absolute atomic E-state index is 0.126. The van der Waals surface area contributed by atoms with E-state index in [9.17, 15) is 9.18 Å². The van der Waals surface area contributed by atoms with Crippen LogP contribution in [-0.2, 0) is 0 Å². The van der Waals surface area contributed by atoms with Gasteiger partial charge < -0.3 is 10.7 Å². The highest BCUT2D eigenvalue weighted by molar-refractivity contribution is 6.30. The minimum Gasteiger partial charge on any atom is -0.322 e. The Kier molecular flexibility index (Phi) is 4.16. The number of aromatic nitrogens is 1. The summed E-state index contributed by atoms with van der Waals surface area (Å²) >= 11 is 5.79. The molecule has 0 bridgehead atoms. The maximum absolute atomic E-state index is 13.4. The van der Waals surface area contributed by atoms with E-state index in [1.165, 1.54) is 24.3 Å². The Balaban J connectivity index is 2.28. The van der Waals surface area contributed by atoms with E-state index in [2.05, 4.69) is 15.7 Å². The first kappa shape index (κ1) is 14.2. The number of carbonyl (C=O) groups is 1. The molecule has 1 aromatic heterocycles. The molecule has 0 aliphatic heterocycles. The molecule has 1 amide bonds. The van der Waals surface area contributed by atoms with Crippen molar-refractivity contribution in [2.75, 3.05) is 10.7 Å². The summed E-state index contributed by atoms with van der Waals surface area (Å²) in [5.41, 5.74) is 3.33. The van der Waals surface area contributed by atoms with E-state index in [1.54, 1.807) is 13.0 Å². The number of carbonyl (C=O) groups excluding carboxylic acids is 1. The summed E-state index contributed by atoms with van der Waals surface area (Å²) in [4.78, 5) is 16.0. The average Bonchev–Trinajstić information content (AvgIpc) is 2.43. The van der Waals surface area contributed by atoms with Crippen LogP contribution < -0.4 is 16.6 Å². The molecule has 0 atom stereocenters. The number of nitrogens with two attached hydrogens (primary N) is 1. The molecule has 7 heteroatoms. The molecule has 0 aliphatic rings. The second-order valence-corrected chi connectivity index (χ2v) is 4.46. The van der Waals surface area contributed by atoms with Gasteiger partial charge in [0.1, 0.15) is 16.8 Å². The van der Waals surface area contributed by atoms with Crippen LogP contribution in [0.25, 0.3) is 0 Å². The predicted molar refractivity (Wildman–Crippen MR) is 76.1 cm³/mol. The number of hydrogen-bond acceptors (Lipinski definition) is 4. The van der Waals surface area contributed by atoms with Gasteiger partial charge in [0.15, 0.2) is 0 Å². The summed E-state index contributed by atoms with van der Waals surface area (Å²) in [6, 6.07) is 7.29. The van der Waals surface area contributed by atoms with Crippen LogP contribution >= 0.6 is 11.6 Å². The first-order chi connectivity index (χ1) is 9.51. The Morgan fingerprint density at radius 3 is 2.85 bits per heavy atom. The zero-order valence-electron chi connectivity index (χ0n) is 10.6. The summed E-state index contributed by atoms with van der Waals surface area (Å²) in [5.74, 6) is 4.67. The first-order valence-corrected chi connectivity index (χ1v) is 6.09. The molecular formula is C13H12ClFN4O. The maximum Gasteiger partial charge on any atom is 0.255 e. The number of rotatable bonds is 3. The van der Waals surface area contributed by atoms with Crippen molar-refractivity contribution < 1.29 is 9.18 Å². The van der Waals surface area contributed by atoms with Gasteiger partial charge in [-0.15, -0.1) is 0 Å². The summed E-state index contributed by atoms with van der Waals surface area (Å²) < 4.78 is 13.4. The van der Waals surface area contributed by atoms with E-state index in [-0.39, 0.29) is 22.4 Å². The number of halogens is 2.